The summed E-state index contributed by atoms with van der Waals surface area (Å²) >= 11 is 0. The Kier molecular flexibility index (Phi) is 9.51. The van der Waals surface area contributed by atoms with E-state index in [0.717, 1.165) is 41.8 Å². The lowest BCUT2D eigenvalue weighted by Crippen LogP contribution is -2.30. The van der Waals surface area contributed by atoms with E-state index in [1.54, 1.807) is 12.1 Å². The predicted octanol–water partition coefficient (Wildman–Crippen LogP) is 8.25. The smallest absolute Gasteiger partial charge is 0.416 e. The molecule has 0 heterocycles. The number of nitrogens with zero attached hydrogens (tertiary/aromatic N) is 3. The fourth-order valence-electron chi connectivity index (χ4n) is 4.25. The fourth-order valence-corrected chi connectivity index (χ4v) is 4.25. The van der Waals surface area contributed by atoms with Crippen LogP contribution in [-0.2, 0) is 30.2 Å². The van der Waals surface area contributed by atoms with Crippen LogP contribution in [0, 0.1) is 0 Å². The standard InChI is InChI=1S/C28H28F6N4O3/c1-16(2)18-5-8-25(40-3)24(12-18)23-7-6-20(27(29,30)31)11-19(23)15-38(26(39)41-4)14-17-9-21(28(32,33)34)13-22(10-17)36-37-35/h5-13,16H,14-15H2,1-4H3,(H2,35,36). The first-order valence-electron chi connectivity index (χ1n) is 12.2. The third-order valence-corrected chi connectivity index (χ3v) is 6.26. The average Bonchev–Trinajstić information content (AvgIpc) is 2.90. The normalized spacial score (nSPS) is 12.2. The monoisotopic (exact) mass is 582 g/mol. The topological polar surface area (TPSA) is 89.5 Å². The molecule has 2 N–H and O–H groups in total. The van der Waals surface area contributed by atoms with Crippen molar-refractivity contribution in [1.29, 1.82) is 0 Å². The summed E-state index contributed by atoms with van der Waals surface area (Å²) in [6.07, 6.45) is -10.4. The van der Waals surface area contributed by atoms with Gasteiger partial charge < -0.3 is 15.3 Å². The quantitative estimate of drug-likeness (QED) is 0.125. The van der Waals surface area contributed by atoms with Gasteiger partial charge in [0, 0.05) is 18.7 Å². The summed E-state index contributed by atoms with van der Waals surface area (Å²) in [7, 11) is 2.47. The predicted molar refractivity (Wildman–Crippen MR) is 139 cm³/mol. The molecule has 3 aromatic rings. The molecule has 13 heteroatoms. The maximum atomic E-state index is 13.7. The Morgan fingerprint density at radius 1 is 0.878 bits per heavy atom. The van der Waals surface area contributed by atoms with Crippen molar-refractivity contribution in [2.75, 3.05) is 14.2 Å². The van der Waals surface area contributed by atoms with Gasteiger partial charge in [-0.15, -0.1) is 5.11 Å². The van der Waals surface area contributed by atoms with E-state index in [1.165, 1.54) is 19.2 Å². The lowest BCUT2D eigenvalue weighted by atomic mass is 9.92. The van der Waals surface area contributed by atoms with E-state index in [9.17, 15) is 31.1 Å². The van der Waals surface area contributed by atoms with Crippen molar-refractivity contribution >= 4 is 11.8 Å². The third kappa shape index (κ3) is 7.68. The molecule has 0 aliphatic heterocycles. The van der Waals surface area contributed by atoms with Crippen LogP contribution in [0.25, 0.3) is 11.1 Å². The summed E-state index contributed by atoms with van der Waals surface area (Å²) in [4.78, 5) is 13.8. The minimum Gasteiger partial charge on any atom is -0.496 e. The van der Waals surface area contributed by atoms with Crippen LogP contribution in [0.3, 0.4) is 0 Å². The Labute approximate surface area is 232 Å². The number of rotatable bonds is 8. The van der Waals surface area contributed by atoms with E-state index in [1.807, 2.05) is 19.9 Å². The number of ether oxygens (including phenoxy) is 2. The highest BCUT2D eigenvalue weighted by Gasteiger charge is 2.33. The van der Waals surface area contributed by atoms with Crippen molar-refractivity contribution in [3.63, 3.8) is 0 Å². The van der Waals surface area contributed by atoms with Crippen LogP contribution >= 0.6 is 0 Å². The van der Waals surface area contributed by atoms with E-state index in [-0.39, 0.29) is 22.7 Å². The first-order valence-corrected chi connectivity index (χ1v) is 12.2. The maximum absolute atomic E-state index is 13.7. The number of hydrogen-bond acceptors (Lipinski definition) is 5. The van der Waals surface area contributed by atoms with Crippen LogP contribution in [0.4, 0.5) is 36.8 Å². The minimum absolute atomic E-state index is 0.0273. The molecular formula is C28H28F6N4O3. The summed E-state index contributed by atoms with van der Waals surface area (Å²) in [6.45, 7) is 3.01. The second-order valence-corrected chi connectivity index (χ2v) is 9.41. The first-order chi connectivity index (χ1) is 19.2. The van der Waals surface area contributed by atoms with Gasteiger partial charge in [0.05, 0.1) is 31.0 Å². The molecule has 1 amide bonds. The number of halogens is 6. The number of methoxy groups -OCH3 is 2. The SMILES string of the molecule is COC(=O)N(Cc1cc(N=NN)cc(C(F)(F)F)c1)Cc1cc(C(F)(F)F)ccc1-c1cc(C(C)C)ccc1OC. The van der Waals surface area contributed by atoms with Crippen molar-refractivity contribution in [2.24, 2.45) is 16.2 Å². The molecule has 0 aliphatic rings. The Bertz CT molecular complexity index is 1420. The lowest BCUT2D eigenvalue weighted by Gasteiger charge is -2.25. The van der Waals surface area contributed by atoms with Gasteiger partial charge in [0.2, 0.25) is 0 Å². The van der Waals surface area contributed by atoms with E-state index >= 15 is 0 Å². The summed E-state index contributed by atoms with van der Waals surface area (Å²) < 4.78 is 92.1. The van der Waals surface area contributed by atoms with Crippen LogP contribution in [0.1, 0.15) is 47.6 Å². The van der Waals surface area contributed by atoms with Crippen molar-refractivity contribution < 1.29 is 40.6 Å². The molecule has 0 saturated carbocycles. The van der Waals surface area contributed by atoms with Gasteiger partial charge >= 0.3 is 18.4 Å². The van der Waals surface area contributed by atoms with Crippen LogP contribution < -0.4 is 10.6 Å². The Morgan fingerprint density at radius 2 is 1.56 bits per heavy atom. The van der Waals surface area contributed by atoms with E-state index in [2.05, 4.69) is 10.3 Å². The van der Waals surface area contributed by atoms with Crippen molar-refractivity contribution in [2.45, 2.75) is 45.2 Å². The highest BCUT2D eigenvalue weighted by Crippen LogP contribution is 2.39. The number of benzene rings is 3. The van der Waals surface area contributed by atoms with Gasteiger partial charge in [0.15, 0.2) is 0 Å². The van der Waals surface area contributed by atoms with Gasteiger partial charge in [-0.3, -0.25) is 4.90 Å². The molecule has 0 aliphatic carbocycles. The lowest BCUT2D eigenvalue weighted by molar-refractivity contribution is -0.138. The molecule has 0 spiro atoms. The van der Waals surface area contributed by atoms with Crippen molar-refractivity contribution in [3.05, 3.63) is 82.4 Å². The highest BCUT2D eigenvalue weighted by atomic mass is 19.4. The van der Waals surface area contributed by atoms with Gasteiger partial charge in [0.25, 0.3) is 0 Å². The number of hydrogen-bond donors (Lipinski definition) is 1. The van der Waals surface area contributed by atoms with E-state index < -0.39 is 42.7 Å². The van der Waals surface area contributed by atoms with Crippen LogP contribution in [0.15, 0.2) is 64.9 Å². The molecule has 41 heavy (non-hydrogen) atoms. The molecule has 0 aromatic heterocycles. The summed E-state index contributed by atoms with van der Waals surface area (Å²) in [6, 6.07) is 11.2. The van der Waals surface area contributed by atoms with Gasteiger partial charge in [-0.2, -0.15) is 26.3 Å². The van der Waals surface area contributed by atoms with Crippen LogP contribution in [-0.4, -0.2) is 25.2 Å². The molecule has 0 radical (unpaired) electrons. The molecule has 0 saturated heterocycles. The highest BCUT2D eigenvalue weighted by molar-refractivity contribution is 5.76. The molecule has 0 bridgehead atoms. The Morgan fingerprint density at radius 3 is 2.12 bits per heavy atom. The van der Waals surface area contributed by atoms with Gasteiger partial charge in [-0.05, 0) is 70.6 Å². The maximum Gasteiger partial charge on any atom is 0.416 e. The fraction of sp³-hybridized carbons (Fsp3) is 0.321. The largest absolute Gasteiger partial charge is 0.496 e. The van der Waals surface area contributed by atoms with Crippen LogP contribution in [0.2, 0.25) is 0 Å². The molecule has 0 atom stereocenters. The van der Waals surface area contributed by atoms with Gasteiger partial charge in [-0.1, -0.05) is 31.2 Å². The first kappa shape index (κ1) is 31.2. The second kappa shape index (κ2) is 12.5. The van der Waals surface area contributed by atoms with Gasteiger partial charge in [0.1, 0.15) is 5.75 Å². The number of amides is 1. The molecule has 3 aromatic carbocycles. The number of carbonyl (C=O) groups is 1. The average molecular weight is 583 g/mol. The molecule has 220 valence electrons. The number of carbonyl (C=O) groups excluding carboxylic acids is 1. The molecule has 7 nitrogen and oxygen atoms in total. The van der Waals surface area contributed by atoms with Gasteiger partial charge in [-0.25, -0.2) is 4.79 Å². The van der Waals surface area contributed by atoms with E-state index in [4.69, 9.17) is 15.3 Å². The van der Waals surface area contributed by atoms with Crippen molar-refractivity contribution in [3.8, 4) is 16.9 Å². The zero-order chi connectivity index (χ0) is 30.5. The number of nitrogens with two attached hydrogens (primary N) is 1. The van der Waals surface area contributed by atoms with E-state index in [0.29, 0.717) is 16.9 Å². The number of alkyl halides is 6. The molecular weight excluding hydrogens is 554 g/mol. The third-order valence-electron chi connectivity index (χ3n) is 6.26. The molecule has 0 unspecified atom stereocenters. The summed E-state index contributed by atoms with van der Waals surface area (Å²) in [5.74, 6) is 5.48. The second-order valence-electron chi connectivity index (χ2n) is 9.41. The zero-order valence-corrected chi connectivity index (χ0v) is 22.6. The van der Waals surface area contributed by atoms with Crippen LogP contribution in [0.5, 0.6) is 5.75 Å². The molecule has 3 rings (SSSR count). The zero-order valence-electron chi connectivity index (χ0n) is 22.6. The minimum atomic E-state index is -4.75. The van der Waals surface area contributed by atoms with Crippen molar-refractivity contribution in [1.82, 2.24) is 4.90 Å². The summed E-state index contributed by atoms with van der Waals surface area (Å²) in [5, 5.41) is 6.48. The summed E-state index contributed by atoms with van der Waals surface area (Å²) in [5.41, 5.74) is -0.509. The Balaban J connectivity index is 2.18. The molecule has 0 fully saturated rings. The Hall–Kier alpha value is -4.29.